The van der Waals surface area contributed by atoms with Gasteiger partial charge in [0.15, 0.2) is 0 Å². The van der Waals surface area contributed by atoms with Gasteiger partial charge in [-0.15, -0.1) is 0 Å². The van der Waals surface area contributed by atoms with E-state index in [1.165, 1.54) is 26.5 Å². The molecule has 0 amide bonds. The molecule has 3 aromatic rings. The zero-order chi connectivity index (χ0) is 19.4. The summed E-state index contributed by atoms with van der Waals surface area (Å²) in [6.45, 7) is 0. The van der Waals surface area contributed by atoms with Crippen LogP contribution in [0.2, 0.25) is 5.02 Å². The molecule has 1 N–H and O–H groups in total. The molecule has 0 unspecified atom stereocenters. The van der Waals surface area contributed by atoms with Crippen molar-refractivity contribution in [2.24, 2.45) is 0 Å². The van der Waals surface area contributed by atoms with Gasteiger partial charge < -0.3 is 14.6 Å². The molecule has 28 heavy (non-hydrogen) atoms. The van der Waals surface area contributed by atoms with E-state index < -0.39 is 5.97 Å². The maximum atomic E-state index is 11.9. The topological polar surface area (TPSA) is 94.4 Å². The van der Waals surface area contributed by atoms with Crippen LogP contribution < -0.4 is 9.47 Å². The van der Waals surface area contributed by atoms with E-state index in [1.54, 1.807) is 30.3 Å². The summed E-state index contributed by atoms with van der Waals surface area (Å²) in [5.41, 5.74) is 1.28. The van der Waals surface area contributed by atoms with Crippen LogP contribution in [0.3, 0.4) is 0 Å². The number of hydrogen-bond donors (Lipinski definition) is 1. The number of aromatic nitrogens is 3. The molecule has 2 heterocycles. The van der Waals surface area contributed by atoms with Crippen molar-refractivity contribution in [3.05, 3.63) is 53.2 Å². The van der Waals surface area contributed by atoms with Gasteiger partial charge in [-0.25, -0.2) is 9.78 Å². The predicted octanol–water partition coefficient (Wildman–Crippen LogP) is 3.41. The summed E-state index contributed by atoms with van der Waals surface area (Å²) in [7, 11) is 2.94. The summed E-state index contributed by atoms with van der Waals surface area (Å²) in [5, 5.41) is 10.9. The number of pyridine rings is 1. The molecule has 0 radical (unpaired) electrons. The number of rotatable bonds is 6. The standard InChI is InChI=1S/C18H14ClN3O4S.Na.H/c1-25-13-9-14(26-2)22-18(21-13)27-16-15(17(23)24)12(7-8-20-16)10-3-5-11(19)6-4-10;;/h3-9H,1-2H3,(H,23,24);;. The Bertz CT molecular complexity index is 967. The first kappa shape index (κ1) is 22.4. The van der Waals surface area contributed by atoms with E-state index in [0.29, 0.717) is 27.9 Å². The quantitative estimate of drug-likeness (QED) is 0.472. The van der Waals surface area contributed by atoms with Crippen LogP contribution in [0.1, 0.15) is 10.4 Å². The van der Waals surface area contributed by atoms with Gasteiger partial charge >= 0.3 is 35.5 Å². The molecular formula is C18H15ClN3NaO4S. The number of hydrogen-bond acceptors (Lipinski definition) is 7. The third-order valence-electron chi connectivity index (χ3n) is 3.55. The van der Waals surface area contributed by atoms with Crippen LogP contribution in [0.15, 0.2) is 52.8 Å². The zero-order valence-corrected chi connectivity index (χ0v) is 15.9. The molecule has 0 saturated heterocycles. The molecule has 0 atom stereocenters. The Morgan fingerprint density at radius 1 is 1.07 bits per heavy atom. The summed E-state index contributed by atoms with van der Waals surface area (Å²) >= 11 is 6.94. The first-order valence-corrected chi connectivity index (χ1v) is 8.84. The predicted molar refractivity (Wildman–Crippen MR) is 108 cm³/mol. The summed E-state index contributed by atoms with van der Waals surface area (Å²) in [6.07, 6.45) is 1.54. The van der Waals surface area contributed by atoms with E-state index >= 15 is 0 Å². The van der Waals surface area contributed by atoms with Gasteiger partial charge in [-0.3, -0.25) is 0 Å². The molecule has 2 aromatic heterocycles. The van der Waals surface area contributed by atoms with Crippen molar-refractivity contribution in [2.75, 3.05) is 14.2 Å². The molecular weight excluding hydrogens is 413 g/mol. The van der Waals surface area contributed by atoms with Gasteiger partial charge in [-0.05, 0) is 35.5 Å². The van der Waals surface area contributed by atoms with Crippen molar-refractivity contribution in [1.29, 1.82) is 0 Å². The van der Waals surface area contributed by atoms with Crippen LogP contribution in [-0.2, 0) is 0 Å². The van der Waals surface area contributed by atoms with Gasteiger partial charge in [0.1, 0.15) is 5.03 Å². The van der Waals surface area contributed by atoms with Gasteiger partial charge in [0, 0.05) is 16.8 Å². The minimum atomic E-state index is -1.11. The Balaban J connectivity index is 0.00000280. The van der Waals surface area contributed by atoms with E-state index in [4.69, 9.17) is 21.1 Å². The molecule has 0 aliphatic rings. The van der Waals surface area contributed by atoms with Gasteiger partial charge in [0.2, 0.25) is 16.9 Å². The monoisotopic (exact) mass is 427 g/mol. The molecule has 3 rings (SSSR count). The average Bonchev–Trinajstić information content (AvgIpc) is 2.67. The Kier molecular flexibility index (Phi) is 8.09. The van der Waals surface area contributed by atoms with Crippen LogP contribution in [0.25, 0.3) is 11.1 Å². The Morgan fingerprint density at radius 2 is 1.68 bits per heavy atom. The van der Waals surface area contributed by atoms with Crippen molar-refractivity contribution in [3.8, 4) is 22.9 Å². The molecule has 0 saturated carbocycles. The fourth-order valence-corrected chi connectivity index (χ4v) is 3.30. The first-order valence-electron chi connectivity index (χ1n) is 7.65. The van der Waals surface area contributed by atoms with E-state index in [9.17, 15) is 9.90 Å². The van der Waals surface area contributed by atoms with Crippen molar-refractivity contribution in [2.45, 2.75) is 10.2 Å². The summed E-state index contributed by atoms with van der Waals surface area (Å²) < 4.78 is 10.2. The average molecular weight is 428 g/mol. The Morgan fingerprint density at radius 3 is 2.21 bits per heavy atom. The number of nitrogens with zero attached hydrogens (tertiary/aromatic N) is 3. The van der Waals surface area contributed by atoms with Crippen LogP contribution in [0.5, 0.6) is 11.8 Å². The van der Waals surface area contributed by atoms with Crippen LogP contribution in [0.4, 0.5) is 0 Å². The number of methoxy groups -OCH3 is 2. The molecule has 0 fully saturated rings. The molecule has 0 aliphatic carbocycles. The molecule has 0 aliphatic heterocycles. The molecule has 7 nitrogen and oxygen atoms in total. The summed E-state index contributed by atoms with van der Waals surface area (Å²) in [6, 6.07) is 10.1. The third kappa shape index (κ3) is 5.15. The third-order valence-corrected chi connectivity index (χ3v) is 4.67. The Hall–Kier alpha value is -1.84. The van der Waals surface area contributed by atoms with Crippen LogP contribution in [0, 0.1) is 0 Å². The van der Waals surface area contributed by atoms with Crippen LogP contribution in [-0.4, -0.2) is 69.8 Å². The van der Waals surface area contributed by atoms with Crippen molar-refractivity contribution in [3.63, 3.8) is 0 Å². The number of carboxylic acid groups (broad SMARTS) is 1. The van der Waals surface area contributed by atoms with Gasteiger partial charge in [-0.1, -0.05) is 23.7 Å². The van der Waals surface area contributed by atoms with E-state index in [-0.39, 0.29) is 45.3 Å². The molecule has 140 valence electrons. The SMILES string of the molecule is COc1cc(OC)nc(Sc2nccc(-c3ccc(Cl)cc3)c2C(=O)O)n1.[NaH]. The number of halogens is 1. The van der Waals surface area contributed by atoms with E-state index in [0.717, 1.165) is 11.8 Å². The Labute approximate surface area is 192 Å². The zero-order valence-electron chi connectivity index (χ0n) is 14.3. The second-order valence-corrected chi connectivity index (χ2v) is 6.58. The molecule has 1 aromatic carbocycles. The number of benzene rings is 1. The van der Waals surface area contributed by atoms with Crippen molar-refractivity contribution >= 4 is 58.9 Å². The molecule has 0 spiro atoms. The fourth-order valence-electron chi connectivity index (χ4n) is 2.32. The number of aromatic carboxylic acids is 1. The second-order valence-electron chi connectivity index (χ2n) is 5.19. The number of carbonyl (C=O) groups is 1. The van der Waals surface area contributed by atoms with Crippen LogP contribution >= 0.6 is 23.4 Å². The number of ether oxygens (including phenoxy) is 2. The van der Waals surface area contributed by atoms with Crippen molar-refractivity contribution in [1.82, 2.24) is 15.0 Å². The van der Waals surface area contributed by atoms with E-state index in [2.05, 4.69) is 15.0 Å². The van der Waals surface area contributed by atoms with Crippen molar-refractivity contribution < 1.29 is 19.4 Å². The molecule has 10 heteroatoms. The van der Waals surface area contributed by atoms with Gasteiger partial charge in [-0.2, -0.15) is 9.97 Å². The fraction of sp³-hybridized carbons (Fsp3) is 0.111. The summed E-state index contributed by atoms with van der Waals surface area (Å²) in [5.74, 6) is -0.504. The van der Waals surface area contributed by atoms with Gasteiger partial charge in [0.25, 0.3) is 0 Å². The van der Waals surface area contributed by atoms with E-state index in [1.807, 2.05) is 0 Å². The first-order chi connectivity index (χ1) is 13.0. The molecule has 0 bridgehead atoms. The van der Waals surface area contributed by atoms with Gasteiger partial charge in [0.05, 0.1) is 25.8 Å². The second kappa shape index (κ2) is 10.1. The maximum absolute atomic E-state index is 11.9. The minimum absolute atomic E-state index is 0. The summed E-state index contributed by atoms with van der Waals surface area (Å²) in [4.78, 5) is 24.6. The normalized spacial score (nSPS) is 10.1. The number of carboxylic acids is 1.